The Bertz CT molecular complexity index is 381. The van der Waals surface area contributed by atoms with Gasteiger partial charge in [-0.15, -0.1) is 0 Å². The largest absolute Gasteiger partial charge is 0.488 e. The van der Waals surface area contributed by atoms with Crippen molar-refractivity contribution in [2.75, 3.05) is 7.05 Å². The first-order chi connectivity index (χ1) is 7.17. The fraction of sp³-hybridized carbons (Fsp3) is 0.455. The Balaban J connectivity index is 2.47. The zero-order valence-corrected chi connectivity index (χ0v) is 10.2. The van der Waals surface area contributed by atoms with E-state index in [1.165, 1.54) is 0 Å². The third-order valence-corrected chi connectivity index (χ3v) is 3.26. The molecule has 1 aromatic carbocycles. The van der Waals surface area contributed by atoms with E-state index in [4.69, 9.17) is 27.9 Å². The van der Waals surface area contributed by atoms with Crippen LogP contribution in [-0.4, -0.2) is 13.2 Å². The molecule has 0 radical (unpaired) electrons. The van der Waals surface area contributed by atoms with E-state index in [9.17, 15) is 0 Å². The van der Waals surface area contributed by atoms with Gasteiger partial charge in [0, 0.05) is 10.6 Å². The summed E-state index contributed by atoms with van der Waals surface area (Å²) in [6, 6.07) is 3.74. The molecular formula is C11H13Cl2NO. The van der Waals surface area contributed by atoms with E-state index in [-0.39, 0.29) is 12.1 Å². The quantitative estimate of drug-likeness (QED) is 0.863. The zero-order chi connectivity index (χ0) is 11.0. The predicted molar refractivity (Wildman–Crippen MR) is 63.0 cm³/mol. The fourth-order valence-electron chi connectivity index (χ4n) is 2.03. The van der Waals surface area contributed by atoms with Crippen LogP contribution in [0.3, 0.4) is 0 Å². The van der Waals surface area contributed by atoms with Gasteiger partial charge in [-0.2, -0.15) is 0 Å². The van der Waals surface area contributed by atoms with E-state index in [0.717, 1.165) is 17.7 Å². The van der Waals surface area contributed by atoms with Gasteiger partial charge in [0.15, 0.2) is 0 Å². The minimum absolute atomic E-state index is 0.140. The summed E-state index contributed by atoms with van der Waals surface area (Å²) in [7, 11) is 1.91. The highest BCUT2D eigenvalue weighted by molar-refractivity contribution is 6.35. The Morgan fingerprint density at radius 1 is 1.40 bits per heavy atom. The number of benzene rings is 1. The zero-order valence-electron chi connectivity index (χ0n) is 8.68. The van der Waals surface area contributed by atoms with Crippen molar-refractivity contribution in [3.63, 3.8) is 0 Å². The van der Waals surface area contributed by atoms with Crippen LogP contribution in [0.1, 0.15) is 24.9 Å². The monoisotopic (exact) mass is 245 g/mol. The topological polar surface area (TPSA) is 21.3 Å². The van der Waals surface area contributed by atoms with Gasteiger partial charge in [-0.25, -0.2) is 0 Å². The molecule has 2 nitrogen and oxygen atoms in total. The second-order valence-corrected chi connectivity index (χ2v) is 4.47. The molecule has 1 aliphatic rings. The molecule has 0 saturated heterocycles. The molecule has 0 aromatic heterocycles. The Kier molecular flexibility index (Phi) is 3.10. The standard InChI is InChI=1S/C11H13Cl2NO/c1-3-8-11(14-2)10-7(13)4-6(12)5-9(10)15-8/h4-5,8,11,14H,3H2,1-2H3. The molecule has 4 heteroatoms. The van der Waals surface area contributed by atoms with Crippen LogP contribution in [0.15, 0.2) is 12.1 Å². The summed E-state index contributed by atoms with van der Waals surface area (Å²) in [6.45, 7) is 2.09. The number of ether oxygens (including phenoxy) is 1. The Morgan fingerprint density at radius 3 is 2.73 bits per heavy atom. The van der Waals surface area contributed by atoms with Gasteiger partial charge in [0.1, 0.15) is 11.9 Å². The van der Waals surface area contributed by atoms with E-state index in [1.54, 1.807) is 6.07 Å². The molecule has 1 aromatic rings. The van der Waals surface area contributed by atoms with Gasteiger partial charge in [0.05, 0.1) is 11.1 Å². The number of likely N-dealkylation sites (N-methyl/N-ethyl adjacent to an activating group) is 1. The summed E-state index contributed by atoms with van der Waals surface area (Å²) in [5, 5.41) is 4.52. The van der Waals surface area contributed by atoms with Crippen molar-refractivity contribution in [2.45, 2.75) is 25.5 Å². The summed E-state index contributed by atoms with van der Waals surface area (Å²) < 4.78 is 5.79. The van der Waals surface area contributed by atoms with Crippen molar-refractivity contribution in [2.24, 2.45) is 0 Å². The van der Waals surface area contributed by atoms with Crippen molar-refractivity contribution in [3.05, 3.63) is 27.7 Å². The lowest BCUT2D eigenvalue weighted by atomic mass is 10.0. The van der Waals surface area contributed by atoms with Gasteiger partial charge < -0.3 is 10.1 Å². The molecule has 0 fully saturated rings. The van der Waals surface area contributed by atoms with Gasteiger partial charge in [-0.05, 0) is 25.6 Å². The van der Waals surface area contributed by atoms with Gasteiger partial charge >= 0.3 is 0 Å². The van der Waals surface area contributed by atoms with Crippen LogP contribution in [0.2, 0.25) is 10.0 Å². The van der Waals surface area contributed by atoms with E-state index in [2.05, 4.69) is 12.2 Å². The Hall–Kier alpha value is -0.440. The van der Waals surface area contributed by atoms with Crippen LogP contribution < -0.4 is 10.1 Å². The molecule has 2 unspecified atom stereocenters. The molecule has 0 aliphatic carbocycles. The first kappa shape index (κ1) is 11.1. The lowest BCUT2D eigenvalue weighted by molar-refractivity contribution is 0.189. The Labute approximate surface area is 99.5 Å². The summed E-state index contributed by atoms with van der Waals surface area (Å²) >= 11 is 12.1. The average Bonchev–Trinajstić information content (AvgIpc) is 2.55. The molecule has 0 bridgehead atoms. The van der Waals surface area contributed by atoms with E-state index < -0.39 is 0 Å². The predicted octanol–water partition coefficient (Wildman–Crippen LogP) is 3.42. The number of hydrogen-bond acceptors (Lipinski definition) is 2. The number of rotatable bonds is 2. The first-order valence-electron chi connectivity index (χ1n) is 5.00. The SMILES string of the molecule is CCC1Oc2cc(Cl)cc(Cl)c2C1NC. The number of hydrogen-bond donors (Lipinski definition) is 1. The summed E-state index contributed by atoms with van der Waals surface area (Å²) in [5.41, 5.74) is 1.02. The van der Waals surface area contributed by atoms with Crippen LogP contribution in [-0.2, 0) is 0 Å². The fourth-order valence-corrected chi connectivity index (χ4v) is 2.62. The highest BCUT2D eigenvalue weighted by atomic mass is 35.5. The Morgan fingerprint density at radius 2 is 2.13 bits per heavy atom. The van der Waals surface area contributed by atoms with E-state index in [0.29, 0.717) is 10.0 Å². The van der Waals surface area contributed by atoms with Crippen molar-refractivity contribution < 1.29 is 4.74 Å². The second kappa shape index (κ2) is 4.20. The maximum Gasteiger partial charge on any atom is 0.127 e. The van der Waals surface area contributed by atoms with Gasteiger partial charge in [-0.3, -0.25) is 0 Å². The number of fused-ring (bicyclic) bond motifs is 1. The highest BCUT2D eigenvalue weighted by Gasteiger charge is 2.34. The molecule has 1 aliphatic heterocycles. The van der Waals surface area contributed by atoms with Crippen LogP contribution in [0.25, 0.3) is 0 Å². The molecule has 1 heterocycles. The van der Waals surface area contributed by atoms with Gasteiger partial charge in [0.25, 0.3) is 0 Å². The average molecular weight is 246 g/mol. The van der Waals surface area contributed by atoms with Crippen molar-refractivity contribution in [3.8, 4) is 5.75 Å². The van der Waals surface area contributed by atoms with Crippen LogP contribution in [0, 0.1) is 0 Å². The van der Waals surface area contributed by atoms with Crippen molar-refractivity contribution in [1.82, 2.24) is 5.32 Å². The number of halogens is 2. The summed E-state index contributed by atoms with van der Waals surface area (Å²) in [5.74, 6) is 0.804. The third kappa shape index (κ3) is 1.82. The highest BCUT2D eigenvalue weighted by Crippen LogP contribution is 2.43. The van der Waals surface area contributed by atoms with E-state index >= 15 is 0 Å². The van der Waals surface area contributed by atoms with Crippen LogP contribution in [0.5, 0.6) is 5.75 Å². The summed E-state index contributed by atoms with van der Waals surface area (Å²) in [6.07, 6.45) is 1.08. The molecule has 0 spiro atoms. The molecule has 2 rings (SSSR count). The van der Waals surface area contributed by atoms with Crippen LogP contribution in [0.4, 0.5) is 0 Å². The molecule has 0 saturated carbocycles. The molecule has 1 N–H and O–H groups in total. The second-order valence-electron chi connectivity index (χ2n) is 3.63. The minimum Gasteiger partial charge on any atom is -0.488 e. The van der Waals surface area contributed by atoms with Crippen molar-refractivity contribution >= 4 is 23.2 Å². The smallest absolute Gasteiger partial charge is 0.127 e. The molecule has 15 heavy (non-hydrogen) atoms. The van der Waals surface area contributed by atoms with Gasteiger partial charge in [0.2, 0.25) is 0 Å². The lowest BCUT2D eigenvalue weighted by Gasteiger charge is -2.16. The lowest BCUT2D eigenvalue weighted by Crippen LogP contribution is -2.27. The van der Waals surface area contributed by atoms with Gasteiger partial charge in [-0.1, -0.05) is 30.1 Å². The molecule has 0 amide bonds. The number of nitrogens with one attached hydrogen (secondary N) is 1. The normalized spacial score (nSPS) is 23.7. The van der Waals surface area contributed by atoms with Crippen LogP contribution >= 0.6 is 23.2 Å². The first-order valence-corrected chi connectivity index (χ1v) is 5.75. The molecular weight excluding hydrogens is 233 g/mol. The molecule has 82 valence electrons. The minimum atomic E-state index is 0.140. The summed E-state index contributed by atoms with van der Waals surface area (Å²) in [4.78, 5) is 0. The van der Waals surface area contributed by atoms with Crippen molar-refractivity contribution in [1.29, 1.82) is 0 Å². The maximum atomic E-state index is 6.17. The maximum absolute atomic E-state index is 6.17. The molecule has 2 atom stereocenters. The van der Waals surface area contributed by atoms with E-state index in [1.807, 2.05) is 13.1 Å². The third-order valence-electron chi connectivity index (χ3n) is 2.73.